The number of nitrogens with one attached hydrogen (secondary N) is 1. The fourth-order valence-electron chi connectivity index (χ4n) is 1.79. The first kappa shape index (κ1) is 15.1. The molecule has 100 valence electrons. The van der Waals surface area contributed by atoms with Gasteiger partial charge in [0.25, 0.3) is 0 Å². The van der Waals surface area contributed by atoms with Crippen LogP contribution in [-0.2, 0) is 0 Å². The zero-order valence-electron chi connectivity index (χ0n) is 11.8. The lowest BCUT2D eigenvalue weighted by atomic mass is 9.87. The Labute approximate surface area is 115 Å². The van der Waals surface area contributed by atoms with Crippen LogP contribution in [0.2, 0.25) is 0 Å². The predicted molar refractivity (Wildman–Crippen MR) is 81.6 cm³/mol. The lowest BCUT2D eigenvalue weighted by Gasteiger charge is -2.22. The van der Waals surface area contributed by atoms with Gasteiger partial charge < -0.3 is 5.73 Å². The Hall–Kier alpha value is -0.960. The molecule has 1 aromatic carbocycles. The van der Waals surface area contributed by atoms with Crippen LogP contribution in [0.15, 0.2) is 23.1 Å². The monoisotopic (exact) mass is 264 g/mol. The SMILES string of the molecule is Cc1ccc(SCCCC(C)(C)C(=N)N)c(C)c1. The number of benzene rings is 1. The van der Waals surface area contributed by atoms with Crippen LogP contribution >= 0.6 is 11.8 Å². The summed E-state index contributed by atoms with van der Waals surface area (Å²) in [5.74, 6) is 1.37. The van der Waals surface area contributed by atoms with E-state index in [1.165, 1.54) is 16.0 Å². The number of rotatable bonds is 6. The van der Waals surface area contributed by atoms with Crippen LogP contribution in [0.5, 0.6) is 0 Å². The molecule has 0 unspecified atom stereocenters. The maximum absolute atomic E-state index is 7.53. The van der Waals surface area contributed by atoms with E-state index >= 15 is 0 Å². The molecule has 0 saturated carbocycles. The molecule has 0 saturated heterocycles. The van der Waals surface area contributed by atoms with Crippen LogP contribution in [0.4, 0.5) is 0 Å². The Morgan fingerprint density at radius 1 is 1.33 bits per heavy atom. The fourth-order valence-corrected chi connectivity index (χ4v) is 2.75. The zero-order chi connectivity index (χ0) is 13.8. The highest BCUT2D eigenvalue weighted by Crippen LogP contribution is 2.27. The van der Waals surface area contributed by atoms with Crippen molar-refractivity contribution in [2.75, 3.05) is 5.75 Å². The smallest absolute Gasteiger partial charge is 0.0963 e. The second-order valence-corrected chi connectivity index (χ2v) is 6.66. The summed E-state index contributed by atoms with van der Waals surface area (Å²) in [5, 5.41) is 7.53. The summed E-state index contributed by atoms with van der Waals surface area (Å²) in [6.45, 7) is 8.36. The van der Waals surface area contributed by atoms with Gasteiger partial charge in [-0.1, -0.05) is 31.5 Å². The summed E-state index contributed by atoms with van der Waals surface area (Å²) in [6.07, 6.45) is 2.06. The summed E-state index contributed by atoms with van der Waals surface area (Å²) in [6, 6.07) is 6.59. The number of amidine groups is 1. The van der Waals surface area contributed by atoms with Gasteiger partial charge in [-0.2, -0.15) is 0 Å². The Bertz CT molecular complexity index is 425. The van der Waals surface area contributed by atoms with Crippen molar-refractivity contribution in [1.29, 1.82) is 5.41 Å². The average molecular weight is 264 g/mol. The van der Waals surface area contributed by atoms with Crippen LogP contribution in [0.3, 0.4) is 0 Å². The van der Waals surface area contributed by atoms with Crippen molar-refractivity contribution in [3.8, 4) is 0 Å². The number of nitrogens with two attached hydrogens (primary N) is 1. The van der Waals surface area contributed by atoms with E-state index in [4.69, 9.17) is 11.1 Å². The third-order valence-corrected chi connectivity index (χ3v) is 4.53. The molecule has 0 atom stereocenters. The maximum atomic E-state index is 7.53. The van der Waals surface area contributed by atoms with E-state index in [-0.39, 0.29) is 5.41 Å². The van der Waals surface area contributed by atoms with Crippen LogP contribution in [0.25, 0.3) is 0 Å². The summed E-state index contributed by atoms with van der Waals surface area (Å²) in [4.78, 5) is 1.36. The molecule has 0 fully saturated rings. The lowest BCUT2D eigenvalue weighted by molar-refractivity contribution is 0.464. The lowest BCUT2D eigenvalue weighted by Crippen LogP contribution is -2.30. The molecule has 3 N–H and O–H groups in total. The van der Waals surface area contributed by atoms with E-state index in [9.17, 15) is 0 Å². The Balaban J connectivity index is 2.41. The molecule has 3 heteroatoms. The number of hydrogen-bond donors (Lipinski definition) is 2. The first-order valence-electron chi connectivity index (χ1n) is 6.37. The molecule has 0 bridgehead atoms. The molecule has 0 aliphatic rings. The van der Waals surface area contributed by atoms with Crippen molar-refractivity contribution in [3.63, 3.8) is 0 Å². The first-order valence-corrected chi connectivity index (χ1v) is 7.36. The van der Waals surface area contributed by atoms with Gasteiger partial charge in [0.15, 0.2) is 0 Å². The van der Waals surface area contributed by atoms with Gasteiger partial charge in [-0.15, -0.1) is 11.8 Å². The molecule has 18 heavy (non-hydrogen) atoms. The van der Waals surface area contributed by atoms with Gasteiger partial charge >= 0.3 is 0 Å². The normalized spacial score (nSPS) is 11.6. The molecule has 0 aliphatic carbocycles. The first-order chi connectivity index (χ1) is 8.33. The van der Waals surface area contributed by atoms with E-state index in [0.29, 0.717) is 5.84 Å². The molecule has 0 amide bonds. The second kappa shape index (κ2) is 6.28. The van der Waals surface area contributed by atoms with E-state index in [0.717, 1.165) is 18.6 Å². The van der Waals surface area contributed by atoms with Gasteiger partial charge in [-0.05, 0) is 44.1 Å². The van der Waals surface area contributed by atoms with Gasteiger partial charge in [-0.25, -0.2) is 0 Å². The predicted octanol–water partition coefficient (Wildman–Crippen LogP) is 4.14. The Morgan fingerprint density at radius 2 is 2.00 bits per heavy atom. The van der Waals surface area contributed by atoms with E-state index in [1.54, 1.807) is 0 Å². The summed E-state index contributed by atoms with van der Waals surface area (Å²) >= 11 is 1.90. The zero-order valence-corrected chi connectivity index (χ0v) is 12.7. The molecule has 0 aromatic heterocycles. The molecule has 0 heterocycles. The summed E-state index contributed by atoms with van der Waals surface area (Å²) in [7, 11) is 0. The fraction of sp³-hybridized carbons (Fsp3) is 0.533. The molecule has 2 nitrogen and oxygen atoms in total. The quantitative estimate of drug-likeness (QED) is 0.351. The van der Waals surface area contributed by atoms with Gasteiger partial charge in [0.2, 0.25) is 0 Å². The largest absolute Gasteiger partial charge is 0.387 e. The van der Waals surface area contributed by atoms with Crippen molar-refractivity contribution in [2.45, 2.75) is 45.4 Å². The molecule has 1 rings (SSSR count). The van der Waals surface area contributed by atoms with Gasteiger partial charge in [0, 0.05) is 10.3 Å². The molecular formula is C15H24N2S. The number of hydrogen-bond acceptors (Lipinski definition) is 2. The van der Waals surface area contributed by atoms with Gasteiger partial charge in [0.1, 0.15) is 0 Å². The van der Waals surface area contributed by atoms with E-state index in [2.05, 4.69) is 32.0 Å². The maximum Gasteiger partial charge on any atom is 0.0963 e. The standard InChI is InChI=1S/C15H24N2S/c1-11-6-7-13(12(2)10-11)18-9-5-8-15(3,4)14(16)17/h6-7,10H,5,8-9H2,1-4H3,(H3,16,17). The highest BCUT2D eigenvalue weighted by molar-refractivity contribution is 7.99. The minimum absolute atomic E-state index is 0.164. The Morgan fingerprint density at radius 3 is 2.56 bits per heavy atom. The molecular weight excluding hydrogens is 240 g/mol. The highest BCUT2D eigenvalue weighted by Gasteiger charge is 2.20. The van der Waals surface area contributed by atoms with Gasteiger partial charge in [0.05, 0.1) is 5.84 Å². The van der Waals surface area contributed by atoms with Crippen LogP contribution < -0.4 is 5.73 Å². The number of aryl methyl sites for hydroxylation is 2. The minimum atomic E-state index is -0.164. The van der Waals surface area contributed by atoms with E-state index < -0.39 is 0 Å². The molecule has 1 aromatic rings. The second-order valence-electron chi connectivity index (χ2n) is 5.52. The van der Waals surface area contributed by atoms with Crippen molar-refractivity contribution in [2.24, 2.45) is 11.1 Å². The minimum Gasteiger partial charge on any atom is -0.387 e. The van der Waals surface area contributed by atoms with Crippen LogP contribution in [0, 0.1) is 24.7 Å². The van der Waals surface area contributed by atoms with Crippen LogP contribution in [0.1, 0.15) is 37.8 Å². The van der Waals surface area contributed by atoms with Gasteiger partial charge in [-0.3, -0.25) is 5.41 Å². The Kier molecular flexibility index (Phi) is 5.27. The average Bonchev–Trinajstić information content (AvgIpc) is 2.26. The molecule has 0 aliphatic heterocycles. The number of thioether (sulfide) groups is 1. The van der Waals surface area contributed by atoms with Crippen molar-refractivity contribution >= 4 is 17.6 Å². The topological polar surface area (TPSA) is 49.9 Å². The summed E-state index contributed by atoms with van der Waals surface area (Å²) < 4.78 is 0. The van der Waals surface area contributed by atoms with Crippen molar-refractivity contribution < 1.29 is 0 Å². The van der Waals surface area contributed by atoms with E-state index in [1.807, 2.05) is 25.6 Å². The molecule has 0 spiro atoms. The summed E-state index contributed by atoms with van der Waals surface area (Å²) in [5.41, 5.74) is 8.08. The van der Waals surface area contributed by atoms with Crippen LogP contribution in [-0.4, -0.2) is 11.6 Å². The van der Waals surface area contributed by atoms with Crippen molar-refractivity contribution in [1.82, 2.24) is 0 Å². The third kappa shape index (κ3) is 4.37. The third-order valence-electron chi connectivity index (χ3n) is 3.26. The molecule has 0 radical (unpaired) electrons. The highest BCUT2D eigenvalue weighted by atomic mass is 32.2. The van der Waals surface area contributed by atoms with Crippen molar-refractivity contribution in [3.05, 3.63) is 29.3 Å².